The monoisotopic (exact) mass is 680 g/mol. The second-order valence-corrected chi connectivity index (χ2v) is 11.7. The van der Waals surface area contributed by atoms with Crippen LogP contribution in [0.4, 0.5) is 0 Å². The van der Waals surface area contributed by atoms with E-state index in [9.17, 15) is 19.2 Å². The van der Waals surface area contributed by atoms with E-state index in [1.807, 2.05) is 36.4 Å². The number of hydrogen-bond donors (Lipinski definition) is 0. The Labute approximate surface area is 259 Å². The zero-order chi connectivity index (χ0) is 29.4. The number of benzene rings is 4. The molecule has 4 aromatic rings. The average molecular weight is 682 g/mol. The Balaban J connectivity index is 1.52. The Morgan fingerprint density at radius 2 is 0.833 bits per heavy atom. The number of fused-ring (bicyclic) bond motifs is 1. The molecule has 0 atom stereocenters. The van der Waals surface area contributed by atoms with Crippen molar-refractivity contribution in [2.45, 2.75) is 0 Å². The summed E-state index contributed by atoms with van der Waals surface area (Å²) in [7, 11) is 0. The van der Waals surface area contributed by atoms with Gasteiger partial charge in [0.05, 0.1) is 35.6 Å². The molecule has 2 aliphatic heterocycles. The SMILES string of the molecule is O=C(CN1C(=O)C2=C(c3ccc(Br)cc3)N(CC(=O)c3ccccc3)C(=O)C2=C1c1ccc(Br)cc1)c1ccccc1. The zero-order valence-corrected chi connectivity index (χ0v) is 25.3. The molecule has 2 aliphatic rings. The van der Waals surface area contributed by atoms with Gasteiger partial charge in [0.2, 0.25) is 0 Å². The number of carbonyl (C=O) groups excluding carboxylic acids is 4. The van der Waals surface area contributed by atoms with E-state index >= 15 is 0 Å². The van der Waals surface area contributed by atoms with Crippen LogP contribution in [0.3, 0.4) is 0 Å². The summed E-state index contributed by atoms with van der Waals surface area (Å²) in [5, 5.41) is 0. The molecular formula is C34H22Br2N2O4. The summed E-state index contributed by atoms with van der Waals surface area (Å²) in [6.45, 7) is -0.490. The van der Waals surface area contributed by atoms with E-state index in [1.165, 1.54) is 9.80 Å². The fourth-order valence-electron chi connectivity index (χ4n) is 5.23. The fourth-order valence-corrected chi connectivity index (χ4v) is 5.76. The highest BCUT2D eigenvalue weighted by Gasteiger charge is 2.49. The van der Waals surface area contributed by atoms with Crippen LogP contribution in [0.25, 0.3) is 11.4 Å². The minimum absolute atomic E-state index is 0.182. The molecule has 0 fully saturated rings. The Hall–Kier alpha value is -4.40. The van der Waals surface area contributed by atoms with Crippen molar-refractivity contribution in [1.82, 2.24) is 9.80 Å². The van der Waals surface area contributed by atoms with E-state index in [4.69, 9.17) is 0 Å². The first-order chi connectivity index (χ1) is 20.3. The molecule has 8 heteroatoms. The molecule has 0 saturated carbocycles. The van der Waals surface area contributed by atoms with Crippen molar-refractivity contribution in [3.8, 4) is 0 Å². The molecule has 0 aliphatic carbocycles. The first kappa shape index (κ1) is 27.8. The van der Waals surface area contributed by atoms with Crippen molar-refractivity contribution in [1.29, 1.82) is 0 Å². The molecule has 42 heavy (non-hydrogen) atoms. The second-order valence-electron chi connectivity index (χ2n) is 9.82. The third kappa shape index (κ3) is 5.08. The van der Waals surface area contributed by atoms with E-state index in [1.54, 1.807) is 72.8 Å². The molecule has 0 bridgehead atoms. The maximum atomic E-state index is 14.3. The molecule has 4 aromatic carbocycles. The quantitative estimate of drug-likeness (QED) is 0.192. The highest BCUT2D eigenvalue weighted by atomic mass is 79.9. The third-order valence-electron chi connectivity index (χ3n) is 7.21. The molecule has 6 rings (SSSR count). The lowest BCUT2D eigenvalue weighted by Crippen LogP contribution is -2.35. The summed E-state index contributed by atoms with van der Waals surface area (Å²) in [4.78, 5) is 58.1. The number of halogens is 2. The van der Waals surface area contributed by atoms with Gasteiger partial charge in [0.15, 0.2) is 11.6 Å². The molecular weight excluding hydrogens is 660 g/mol. The van der Waals surface area contributed by atoms with E-state index in [0.29, 0.717) is 33.6 Å². The van der Waals surface area contributed by atoms with Gasteiger partial charge in [-0.1, -0.05) is 117 Å². The van der Waals surface area contributed by atoms with Gasteiger partial charge in [0.25, 0.3) is 11.8 Å². The van der Waals surface area contributed by atoms with E-state index in [-0.39, 0.29) is 35.8 Å². The van der Waals surface area contributed by atoms with Gasteiger partial charge in [-0.05, 0) is 35.4 Å². The predicted octanol–water partition coefficient (Wildman–Crippen LogP) is 6.78. The lowest BCUT2D eigenvalue weighted by Gasteiger charge is -2.25. The van der Waals surface area contributed by atoms with Gasteiger partial charge >= 0.3 is 0 Å². The van der Waals surface area contributed by atoms with Crippen LogP contribution in [-0.2, 0) is 9.59 Å². The summed E-state index contributed by atoms with van der Waals surface area (Å²) < 4.78 is 1.65. The highest BCUT2D eigenvalue weighted by molar-refractivity contribution is 9.10. The number of amides is 2. The Morgan fingerprint density at radius 3 is 1.17 bits per heavy atom. The lowest BCUT2D eigenvalue weighted by atomic mass is 10.0. The Kier molecular flexibility index (Phi) is 7.58. The van der Waals surface area contributed by atoms with Gasteiger partial charge in [-0.25, -0.2) is 0 Å². The average Bonchev–Trinajstić information content (AvgIpc) is 3.45. The van der Waals surface area contributed by atoms with Gasteiger partial charge in [0.1, 0.15) is 0 Å². The second kappa shape index (κ2) is 11.5. The Bertz CT molecular complexity index is 1660. The minimum Gasteiger partial charge on any atom is -0.299 e. The van der Waals surface area contributed by atoms with Crippen LogP contribution in [0.1, 0.15) is 31.8 Å². The molecule has 2 amide bonds. The molecule has 0 spiro atoms. The number of Topliss-reactive ketones (excluding diaryl/α,β-unsaturated/α-hetero) is 2. The maximum Gasteiger partial charge on any atom is 0.261 e. The number of rotatable bonds is 8. The molecule has 0 saturated heterocycles. The Morgan fingerprint density at radius 1 is 0.500 bits per heavy atom. The lowest BCUT2D eigenvalue weighted by molar-refractivity contribution is -0.123. The summed E-state index contributed by atoms with van der Waals surface area (Å²) in [5.74, 6) is -1.44. The van der Waals surface area contributed by atoms with Gasteiger partial charge < -0.3 is 0 Å². The molecule has 6 nitrogen and oxygen atoms in total. The van der Waals surface area contributed by atoms with Crippen LogP contribution < -0.4 is 0 Å². The van der Waals surface area contributed by atoms with Crippen LogP contribution in [0.2, 0.25) is 0 Å². The van der Waals surface area contributed by atoms with E-state index < -0.39 is 11.8 Å². The predicted molar refractivity (Wildman–Crippen MR) is 167 cm³/mol. The molecule has 0 aromatic heterocycles. The summed E-state index contributed by atoms with van der Waals surface area (Å²) in [5.41, 5.74) is 3.21. The van der Waals surface area contributed by atoms with Crippen LogP contribution in [0.5, 0.6) is 0 Å². The van der Waals surface area contributed by atoms with Crippen molar-refractivity contribution < 1.29 is 19.2 Å². The third-order valence-corrected chi connectivity index (χ3v) is 8.27. The minimum atomic E-state index is -0.465. The standard InChI is InChI=1S/C34H22Br2N2O4/c35-25-15-11-23(12-16-25)31-29-30(33(41)37(31)19-27(39)21-7-3-1-4-8-21)32(24-13-17-26(36)18-14-24)38(34(29)42)20-28(40)22-9-5-2-6-10-22/h1-18H,19-20H2. The largest absolute Gasteiger partial charge is 0.299 e. The maximum absolute atomic E-state index is 14.3. The number of hydrogen-bond acceptors (Lipinski definition) is 4. The van der Waals surface area contributed by atoms with E-state index in [0.717, 1.165) is 8.95 Å². The smallest absolute Gasteiger partial charge is 0.261 e. The van der Waals surface area contributed by atoms with Crippen molar-refractivity contribution in [3.05, 3.63) is 152 Å². The van der Waals surface area contributed by atoms with Gasteiger partial charge in [-0.3, -0.25) is 29.0 Å². The molecule has 0 unspecified atom stereocenters. The first-order valence-electron chi connectivity index (χ1n) is 13.1. The van der Waals surface area contributed by atoms with E-state index in [2.05, 4.69) is 31.9 Å². The van der Waals surface area contributed by atoms with Gasteiger partial charge in [-0.2, -0.15) is 0 Å². The van der Waals surface area contributed by atoms with Crippen molar-refractivity contribution in [3.63, 3.8) is 0 Å². The van der Waals surface area contributed by atoms with Crippen LogP contribution in [0.15, 0.2) is 129 Å². The molecule has 0 N–H and O–H groups in total. The number of nitrogens with zero attached hydrogens (tertiary/aromatic N) is 2. The van der Waals surface area contributed by atoms with Gasteiger partial charge in [-0.15, -0.1) is 0 Å². The van der Waals surface area contributed by atoms with Crippen molar-refractivity contribution >= 4 is 66.6 Å². The molecule has 2 heterocycles. The first-order valence-corrected chi connectivity index (χ1v) is 14.7. The number of carbonyl (C=O) groups is 4. The summed E-state index contributed by atoms with van der Waals surface area (Å²) in [6, 6.07) is 32.0. The fraction of sp³-hybridized carbons (Fsp3) is 0.0588. The van der Waals surface area contributed by atoms with Crippen LogP contribution >= 0.6 is 31.9 Å². The van der Waals surface area contributed by atoms with Gasteiger partial charge in [0, 0.05) is 20.1 Å². The number of ketones is 2. The zero-order valence-electron chi connectivity index (χ0n) is 22.1. The van der Waals surface area contributed by atoms with Crippen LogP contribution in [-0.4, -0.2) is 46.3 Å². The normalized spacial score (nSPS) is 14.6. The van der Waals surface area contributed by atoms with Crippen LogP contribution in [0, 0.1) is 0 Å². The summed E-state index contributed by atoms with van der Waals surface area (Å²) >= 11 is 6.90. The molecule has 0 radical (unpaired) electrons. The van der Waals surface area contributed by atoms with Crippen molar-refractivity contribution in [2.24, 2.45) is 0 Å². The highest BCUT2D eigenvalue weighted by Crippen LogP contribution is 2.46. The topological polar surface area (TPSA) is 74.8 Å². The van der Waals surface area contributed by atoms with Crippen molar-refractivity contribution in [2.75, 3.05) is 13.1 Å². The summed E-state index contributed by atoms with van der Waals surface area (Å²) in [6.07, 6.45) is 0. The molecule has 206 valence electrons.